The molecule has 0 fully saturated rings. The maximum absolute atomic E-state index is 11.7. The van der Waals surface area contributed by atoms with Gasteiger partial charge in [0.25, 0.3) is 0 Å². The number of carbonyl (C=O) groups is 1. The van der Waals surface area contributed by atoms with Crippen molar-refractivity contribution in [2.45, 2.75) is 32.0 Å². The molecule has 1 aromatic heterocycles. The van der Waals surface area contributed by atoms with Gasteiger partial charge in [0.15, 0.2) is 5.16 Å². The Morgan fingerprint density at radius 3 is 2.62 bits per heavy atom. The Morgan fingerprint density at radius 1 is 1.24 bits per heavy atom. The highest BCUT2D eigenvalue weighted by Crippen LogP contribution is 2.21. The van der Waals surface area contributed by atoms with Gasteiger partial charge in [-0.3, -0.25) is 4.79 Å². The van der Waals surface area contributed by atoms with Crippen molar-refractivity contribution in [1.82, 2.24) is 15.3 Å². The maximum Gasteiger partial charge on any atom is 0.230 e. The fourth-order valence-corrected chi connectivity index (χ4v) is 2.57. The highest BCUT2D eigenvalue weighted by molar-refractivity contribution is 7.99. The highest BCUT2D eigenvalue weighted by Gasteiger charge is 2.08. The molecule has 0 bridgehead atoms. The Labute approximate surface area is 129 Å². The highest BCUT2D eigenvalue weighted by atomic mass is 32.2. The number of hydrogen-bond acceptors (Lipinski definition) is 4. The summed E-state index contributed by atoms with van der Waals surface area (Å²) in [4.78, 5) is 20.6. The van der Waals surface area contributed by atoms with Gasteiger partial charge in [0, 0.05) is 17.3 Å². The zero-order valence-corrected chi connectivity index (χ0v) is 13.3. The number of rotatable bonds is 5. The van der Waals surface area contributed by atoms with Crippen molar-refractivity contribution in [3.8, 4) is 11.3 Å². The predicted octanol–water partition coefficient (Wildman–Crippen LogP) is 3.07. The Morgan fingerprint density at radius 2 is 1.95 bits per heavy atom. The first-order chi connectivity index (χ1) is 10.0. The van der Waals surface area contributed by atoms with E-state index in [1.807, 2.05) is 57.2 Å². The third-order valence-electron chi connectivity index (χ3n) is 2.69. The molecule has 0 radical (unpaired) electrons. The molecule has 5 heteroatoms. The molecule has 1 amide bonds. The summed E-state index contributed by atoms with van der Waals surface area (Å²) in [5, 5.41) is 3.49. The van der Waals surface area contributed by atoms with Gasteiger partial charge in [0.1, 0.15) is 0 Å². The lowest BCUT2D eigenvalue weighted by Gasteiger charge is -2.08. The van der Waals surface area contributed by atoms with Crippen molar-refractivity contribution in [1.29, 1.82) is 0 Å². The third kappa shape index (κ3) is 4.86. The molecule has 1 N–H and O–H groups in total. The largest absolute Gasteiger partial charge is 0.353 e. The summed E-state index contributed by atoms with van der Waals surface area (Å²) in [5.74, 6) is 0.330. The smallest absolute Gasteiger partial charge is 0.230 e. The lowest BCUT2D eigenvalue weighted by Crippen LogP contribution is -2.31. The molecule has 1 heterocycles. The fourth-order valence-electron chi connectivity index (χ4n) is 1.86. The first-order valence-electron chi connectivity index (χ1n) is 6.88. The van der Waals surface area contributed by atoms with Crippen molar-refractivity contribution < 1.29 is 4.79 Å². The van der Waals surface area contributed by atoms with Crippen LogP contribution in [0.1, 0.15) is 19.5 Å². The Kier molecular flexibility index (Phi) is 5.33. The van der Waals surface area contributed by atoms with Gasteiger partial charge in [-0.15, -0.1) is 0 Å². The first kappa shape index (κ1) is 15.5. The molecule has 0 unspecified atom stereocenters. The van der Waals surface area contributed by atoms with E-state index in [1.165, 1.54) is 11.8 Å². The van der Waals surface area contributed by atoms with Crippen LogP contribution in [0.25, 0.3) is 11.3 Å². The number of aromatic nitrogens is 2. The number of hydrogen-bond donors (Lipinski definition) is 1. The second-order valence-electron chi connectivity index (χ2n) is 5.05. The molecule has 110 valence electrons. The summed E-state index contributed by atoms with van der Waals surface area (Å²) in [6.45, 7) is 5.82. The van der Waals surface area contributed by atoms with E-state index in [9.17, 15) is 4.79 Å². The lowest BCUT2D eigenvalue weighted by molar-refractivity contribution is -0.119. The van der Waals surface area contributed by atoms with Crippen LogP contribution in [-0.4, -0.2) is 27.7 Å². The van der Waals surface area contributed by atoms with E-state index in [2.05, 4.69) is 15.3 Å². The molecule has 0 saturated heterocycles. The normalized spacial score (nSPS) is 10.7. The Balaban J connectivity index is 2.11. The van der Waals surface area contributed by atoms with E-state index >= 15 is 0 Å². The van der Waals surface area contributed by atoms with E-state index in [0.29, 0.717) is 10.9 Å². The Hall–Kier alpha value is -1.88. The number of amides is 1. The first-order valence-corrected chi connectivity index (χ1v) is 7.86. The van der Waals surface area contributed by atoms with Crippen LogP contribution < -0.4 is 5.32 Å². The Bertz CT molecular complexity index is 614. The summed E-state index contributed by atoms with van der Waals surface area (Å²) in [6.07, 6.45) is 0. The fraction of sp³-hybridized carbons (Fsp3) is 0.312. The van der Waals surface area contributed by atoms with Crippen molar-refractivity contribution in [3.05, 3.63) is 42.1 Å². The van der Waals surface area contributed by atoms with Gasteiger partial charge >= 0.3 is 0 Å². The van der Waals surface area contributed by atoms with Crippen LogP contribution in [0.3, 0.4) is 0 Å². The van der Waals surface area contributed by atoms with E-state index < -0.39 is 0 Å². The minimum Gasteiger partial charge on any atom is -0.353 e. The van der Waals surface area contributed by atoms with Crippen molar-refractivity contribution in [3.63, 3.8) is 0 Å². The van der Waals surface area contributed by atoms with E-state index in [0.717, 1.165) is 17.0 Å². The number of benzene rings is 1. The summed E-state index contributed by atoms with van der Waals surface area (Å²) < 4.78 is 0. The average molecular weight is 301 g/mol. The number of nitrogens with one attached hydrogen (secondary N) is 1. The van der Waals surface area contributed by atoms with Crippen LogP contribution >= 0.6 is 11.8 Å². The number of carbonyl (C=O) groups excluding carboxylic acids is 1. The van der Waals surface area contributed by atoms with Gasteiger partial charge in [-0.25, -0.2) is 9.97 Å². The van der Waals surface area contributed by atoms with Gasteiger partial charge in [-0.1, -0.05) is 42.1 Å². The number of thioether (sulfide) groups is 1. The van der Waals surface area contributed by atoms with Gasteiger partial charge in [0.05, 0.1) is 11.4 Å². The zero-order chi connectivity index (χ0) is 15.2. The minimum absolute atomic E-state index is 0.00127. The van der Waals surface area contributed by atoms with Gasteiger partial charge in [0.2, 0.25) is 5.91 Å². The summed E-state index contributed by atoms with van der Waals surface area (Å²) in [5.41, 5.74) is 2.84. The number of nitrogens with zero attached hydrogens (tertiary/aromatic N) is 2. The molecular formula is C16H19N3OS. The standard InChI is InChI=1S/C16H19N3OS/c1-11(2)17-15(20)10-21-16-18-12(3)9-14(19-16)13-7-5-4-6-8-13/h4-9,11H,10H2,1-3H3,(H,17,20). The van der Waals surface area contributed by atoms with E-state index in [4.69, 9.17) is 0 Å². The molecule has 21 heavy (non-hydrogen) atoms. The van der Waals surface area contributed by atoms with E-state index in [-0.39, 0.29) is 11.9 Å². The molecule has 2 aromatic rings. The molecule has 0 saturated carbocycles. The maximum atomic E-state index is 11.7. The zero-order valence-electron chi connectivity index (χ0n) is 12.5. The van der Waals surface area contributed by atoms with Crippen molar-refractivity contribution in [2.24, 2.45) is 0 Å². The molecular weight excluding hydrogens is 282 g/mol. The molecule has 4 nitrogen and oxygen atoms in total. The molecule has 0 atom stereocenters. The molecule has 0 spiro atoms. The molecule has 0 aliphatic carbocycles. The van der Waals surface area contributed by atoms with Crippen LogP contribution in [0.2, 0.25) is 0 Å². The van der Waals surface area contributed by atoms with E-state index in [1.54, 1.807) is 0 Å². The van der Waals surface area contributed by atoms with Crippen LogP contribution in [0, 0.1) is 6.92 Å². The second-order valence-corrected chi connectivity index (χ2v) is 6.00. The van der Waals surface area contributed by atoms with Gasteiger partial charge in [-0.2, -0.15) is 0 Å². The van der Waals surface area contributed by atoms with Crippen LogP contribution in [-0.2, 0) is 4.79 Å². The molecule has 0 aliphatic rings. The third-order valence-corrected chi connectivity index (χ3v) is 3.53. The van der Waals surface area contributed by atoms with Crippen LogP contribution in [0.5, 0.6) is 0 Å². The monoisotopic (exact) mass is 301 g/mol. The molecule has 2 rings (SSSR count). The van der Waals surface area contributed by atoms with Crippen LogP contribution in [0.15, 0.2) is 41.6 Å². The molecule has 1 aromatic carbocycles. The van der Waals surface area contributed by atoms with Crippen LogP contribution in [0.4, 0.5) is 0 Å². The summed E-state index contributed by atoms with van der Waals surface area (Å²) in [7, 11) is 0. The summed E-state index contributed by atoms with van der Waals surface area (Å²) in [6, 6.07) is 12.1. The van der Waals surface area contributed by atoms with Crippen molar-refractivity contribution >= 4 is 17.7 Å². The second kappa shape index (κ2) is 7.22. The predicted molar refractivity (Wildman–Crippen MR) is 86.2 cm³/mol. The average Bonchev–Trinajstić information content (AvgIpc) is 2.45. The van der Waals surface area contributed by atoms with Gasteiger partial charge in [-0.05, 0) is 26.8 Å². The summed E-state index contributed by atoms with van der Waals surface area (Å²) >= 11 is 1.36. The van der Waals surface area contributed by atoms with Gasteiger partial charge < -0.3 is 5.32 Å². The van der Waals surface area contributed by atoms with Crippen molar-refractivity contribution in [2.75, 3.05) is 5.75 Å². The quantitative estimate of drug-likeness (QED) is 0.681. The SMILES string of the molecule is Cc1cc(-c2ccccc2)nc(SCC(=O)NC(C)C)n1. The lowest BCUT2D eigenvalue weighted by atomic mass is 10.1. The topological polar surface area (TPSA) is 54.9 Å². The minimum atomic E-state index is 0.00127. The number of aryl methyl sites for hydroxylation is 1. The molecule has 0 aliphatic heterocycles.